The van der Waals surface area contributed by atoms with Crippen molar-refractivity contribution in [2.45, 2.75) is 31.8 Å². The Morgan fingerprint density at radius 3 is 2.86 bits per heavy atom. The SMILES string of the molecule is C#CCC(C)NC(=O)[C@@H](N)CCSC. The first kappa shape index (κ1) is 13.3. The fourth-order valence-electron chi connectivity index (χ4n) is 0.954. The van der Waals surface area contributed by atoms with Crippen LogP contribution in [0.1, 0.15) is 19.8 Å². The molecule has 4 heteroatoms. The quantitative estimate of drug-likeness (QED) is 0.636. The lowest BCUT2D eigenvalue weighted by Crippen LogP contribution is -2.44. The van der Waals surface area contributed by atoms with E-state index in [9.17, 15) is 4.79 Å². The molecule has 0 aliphatic heterocycles. The fourth-order valence-corrected chi connectivity index (χ4v) is 1.44. The third-order valence-corrected chi connectivity index (χ3v) is 2.43. The van der Waals surface area contributed by atoms with Crippen LogP contribution in [0.15, 0.2) is 0 Å². The predicted octanol–water partition coefficient (Wildman–Crippen LogP) is 0.595. The van der Waals surface area contributed by atoms with Crippen molar-refractivity contribution < 1.29 is 4.79 Å². The van der Waals surface area contributed by atoms with E-state index in [4.69, 9.17) is 12.2 Å². The molecule has 0 radical (unpaired) electrons. The Morgan fingerprint density at radius 1 is 1.71 bits per heavy atom. The Balaban J connectivity index is 3.77. The van der Waals surface area contributed by atoms with Crippen molar-refractivity contribution >= 4 is 17.7 Å². The lowest BCUT2D eigenvalue weighted by molar-refractivity contribution is -0.122. The first-order valence-corrected chi connectivity index (χ1v) is 5.99. The molecule has 0 aliphatic rings. The van der Waals surface area contributed by atoms with Gasteiger partial charge in [-0.1, -0.05) is 0 Å². The Hall–Kier alpha value is -0.660. The van der Waals surface area contributed by atoms with Crippen molar-refractivity contribution in [2.75, 3.05) is 12.0 Å². The van der Waals surface area contributed by atoms with Crippen molar-refractivity contribution in [3.63, 3.8) is 0 Å². The van der Waals surface area contributed by atoms with Gasteiger partial charge >= 0.3 is 0 Å². The molecule has 0 saturated heterocycles. The molecule has 3 nitrogen and oxygen atoms in total. The molecule has 1 amide bonds. The molecule has 0 aromatic rings. The van der Waals surface area contributed by atoms with Gasteiger partial charge < -0.3 is 11.1 Å². The monoisotopic (exact) mass is 214 g/mol. The van der Waals surface area contributed by atoms with E-state index in [1.807, 2.05) is 13.2 Å². The zero-order valence-electron chi connectivity index (χ0n) is 8.75. The summed E-state index contributed by atoms with van der Waals surface area (Å²) in [6.07, 6.45) is 8.36. The van der Waals surface area contributed by atoms with Crippen LogP contribution in [0.4, 0.5) is 0 Å². The number of carbonyl (C=O) groups excluding carboxylic acids is 1. The lowest BCUT2D eigenvalue weighted by Gasteiger charge is -2.15. The summed E-state index contributed by atoms with van der Waals surface area (Å²) in [7, 11) is 0. The number of thioether (sulfide) groups is 1. The molecule has 1 unspecified atom stereocenters. The molecule has 0 bridgehead atoms. The standard InChI is InChI=1S/C10H18N2OS/c1-4-5-8(2)12-10(13)9(11)6-7-14-3/h1,8-9H,5-7,11H2,2-3H3,(H,12,13)/t8?,9-/m0/s1. The van der Waals surface area contributed by atoms with Crippen LogP contribution in [0, 0.1) is 12.3 Å². The zero-order chi connectivity index (χ0) is 11.0. The van der Waals surface area contributed by atoms with Crippen LogP contribution < -0.4 is 11.1 Å². The average molecular weight is 214 g/mol. The van der Waals surface area contributed by atoms with Gasteiger partial charge in [0.1, 0.15) is 0 Å². The minimum absolute atomic E-state index is 0.00725. The third-order valence-electron chi connectivity index (χ3n) is 1.78. The molecule has 0 heterocycles. The average Bonchev–Trinajstić information content (AvgIpc) is 2.14. The van der Waals surface area contributed by atoms with E-state index >= 15 is 0 Å². The number of hydrogen-bond donors (Lipinski definition) is 2. The molecule has 0 aromatic carbocycles. The number of nitrogens with two attached hydrogens (primary N) is 1. The number of hydrogen-bond acceptors (Lipinski definition) is 3. The van der Waals surface area contributed by atoms with E-state index in [2.05, 4.69) is 11.2 Å². The van der Waals surface area contributed by atoms with Gasteiger partial charge in [-0.2, -0.15) is 11.8 Å². The van der Waals surface area contributed by atoms with Crippen molar-refractivity contribution in [1.82, 2.24) is 5.32 Å². The van der Waals surface area contributed by atoms with Crippen LogP contribution in [0.25, 0.3) is 0 Å². The summed E-state index contributed by atoms with van der Waals surface area (Å²) >= 11 is 1.68. The Labute approximate surface area is 90.2 Å². The van der Waals surface area contributed by atoms with E-state index in [0.717, 1.165) is 5.75 Å². The van der Waals surface area contributed by atoms with Crippen LogP contribution in [-0.2, 0) is 4.79 Å². The van der Waals surface area contributed by atoms with E-state index in [0.29, 0.717) is 12.8 Å². The van der Waals surface area contributed by atoms with Crippen molar-refractivity contribution in [3.8, 4) is 12.3 Å². The zero-order valence-corrected chi connectivity index (χ0v) is 9.56. The van der Waals surface area contributed by atoms with Crippen LogP contribution in [0.2, 0.25) is 0 Å². The normalized spacial score (nSPS) is 14.1. The number of nitrogens with one attached hydrogen (secondary N) is 1. The first-order valence-electron chi connectivity index (χ1n) is 4.60. The summed E-state index contributed by atoms with van der Waals surface area (Å²) in [5.74, 6) is 3.29. The van der Waals surface area contributed by atoms with Crippen LogP contribution >= 0.6 is 11.8 Å². The molecule has 0 spiro atoms. The predicted molar refractivity (Wildman–Crippen MR) is 62.0 cm³/mol. The van der Waals surface area contributed by atoms with E-state index in [1.165, 1.54) is 0 Å². The van der Waals surface area contributed by atoms with Crippen molar-refractivity contribution in [1.29, 1.82) is 0 Å². The van der Waals surface area contributed by atoms with Gasteiger partial charge in [0.2, 0.25) is 5.91 Å². The summed E-state index contributed by atoms with van der Waals surface area (Å²) in [5.41, 5.74) is 5.67. The highest BCUT2D eigenvalue weighted by Gasteiger charge is 2.14. The molecule has 3 N–H and O–H groups in total. The van der Waals surface area contributed by atoms with Gasteiger partial charge in [-0.3, -0.25) is 4.79 Å². The summed E-state index contributed by atoms with van der Waals surface area (Å²) in [5, 5.41) is 2.77. The Bertz CT molecular complexity index is 213. The highest BCUT2D eigenvalue weighted by Crippen LogP contribution is 1.99. The summed E-state index contributed by atoms with van der Waals surface area (Å²) in [6, 6.07) is -0.407. The van der Waals surface area contributed by atoms with Gasteiger partial charge in [-0.05, 0) is 25.4 Å². The smallest absolute Gasteiger partial charge is 0.237 e. The second-order valence-electron chi connectivity index (χ2n) is 3.21. The summed E-state index contributed by atoms with van der Waals surface area (Å²) < 4.78 is 0. The van der Waals surface area contributed by atoms with E-state index in [-0.39, 0.29) is 11.9 Å². The second-order valence-corrected chi connectivity index (χ2v) is 4.19. The number of rotatable bonds is 6. The molecule has 0 rings (SSSR count). The molecular weight excluding hydrogens is 196 g/mol. The maximum absolute atomic E-state index is 11.4. The van der Waals surface area contributed by atoms with Gasteiger partial charge in [0, 0.05) is 12.5 Å². The molecule has 0 aliphatic carbocycles. The molecule has 0 fully saturated rings. The van der Waals surface area contributed by atoms with Gasteiger partial charge in [0.15, 0.2) is 0 Å². The number of terminal acetylenes is 1. The first-order chi connectivity index (χ1) is 6.61. The highest BCUT2D eigenvalue weighted by atomic mass is 32.2. The number of amides is 1. The molecule has 2 atom stereocenters. The third kappa shape index (κ3) is 5.90. The van der Waals surface area contributed by atoms with Crippen LogP contribution in [-0.4, -0.2) is 30.0 Å². The fraction of sp³-hybridized carbons (Fsp3) is 0.700. The summed E-state index contributed by atoms with van der Waals surface area (Å²) in [4.78, 5) is 11.4. The topological polar surface area (TPSA) is 55.1 Å². The Kier molecular flexibility index (Phi) is 7.35. The van der Waals surface area contributed by atoms with Gasteiger partial charge in [-0.15, -0.1) is 12.3 Å². The van der Waals surface area contributed by atoms with Crippen molar-refractivity contribution in [3.05, 3.63) is 0 Å². The van der Waals surface area contributed by atoms with E-state index < -0.39 is 6.04 Å². The van der Waals surface area contributed by atoms with E-state index in [1.54, 1.807) is 11.8 Å². The summed E-state index contributed by atoms with van der Waals surface area (Å²) in [6.45, 7) is 1.87. The largest absolute Gasteiger partial charge is 0.351 e. The Morgan fingerprint density at radius 2 is 2.36 bits per heavy atom. The maximum atomic E-state index is 11.4. The molecule has 0 saturated carbocycles. The molecule has 0 aromatic heterocycles. The lowest BCUT2D eigenvalue weighted by atomic mass is 10.2. The van der Waals surface area contributed by atoms with Gasteiger partial charge in [0.25, 0.3) is 0 Å². The minimum atomic E-state index is -0.414. The number of carbonyl (C=O) groups is 1. The molecular formula is C10H18N2OS. The molecule has 14 heavy (non-hydrogen) atoms. The second kappa shape index (κ2) is 7.72. The highest BCUT2D eigenvalue weighted by molar-refractivity contribution is 7.98. The van der Waals surface area contributed by atoms with Gasteiger partial charge in [0.05, 0.1) is 6.04 Å². The van der Waals surface area contributed by atoms with Gasteiger partial charge in [-0.25, -0.2) is 0 Å². The minimum Gasteiger partial charge on any atom is -0.351 e. The van der Waals surface area contributed by atoms with Crippen LogP contribution in [0.5, 0.6) is 0 Å². The van der Waals surface area contributed by atoms with Crippen LogP contribution in [0.3, 0.4) is 0 Å². The maximum Gasteiger partial charge on any atom is 0.237 e. The molecule has 80 valence electrons. The van der Waals surface area contributed by atoms with Crippen molar-refractivity contribution in [2.24, 2.45) is 5.73 Å².